The number of carbonyl (C=O) groups excluding carboxylic acids is 2. The number of methoxy groups -OCH3 is 2. The van der Waals surface area contributed by atoms with Gasteiger partial charge in [-0.05, 0) is 42.8 Å². The SMILES string of the molecule is COc1ccc(C(C)NC(=O)Nc2cccc(NC(C)=O)c2)cc1OC. The van der Waals surface area contributed by atoms with E-state index in [4.69, 9.17) is 9.47 Å². The first-order valence-corrected chi connectivity index (χ1v) is 8.10. The molecular formula is C19H23N3O4. The molecule has 2 aromatic rings. The van der Waals surface area contributed by atoms with Crippen molar-refractivity contribution in [3.05, 3.63) is 48.0 Å². The summed E-state index contributed by atoms with van der Waals surface area (Å²) in [5, 5.41) is 8.28. The quantitative estimate of drug-likeness (QED) is 0.738. The van der Waals surface area contributed by atoms with Crippen molar-refractivity contribution in [2.75, 3.05) is 24.9 Å². The Morgan fingerprint density at radius 1 is 0.923 bits per heavy atom. The van der Waals surface area contributed by atoms with Crippen molar-refractivity contribution in [3.63, 3.8) is 0 Å². The molecule has 0 aromatic heterocycles. The van der Waals surface area contributed by atoms with Gasteiger partial charge in [0.25, 0.3) is 0 Å². The molecule has 7 nitrogen and oxygen atoms in total. The van der Waals surface area contributed by atoms with E-state index in [0.29, 0.717) is 22.9 Å². The summed E-state index contributed by atoms with van der Waals surface area (Å²) in [6.07, 6.45) is 0. The van der Waals surface area contributed by atoms with Crippen LogP contribution in [0.5, 0.6) is 11.5 Å². The lowest BCUT2D eigenvalue weighted by Gasteiger charge is -2.17. The summed E-state index contributed by atoms with van der Waals surface area (Å²) in [6.45, 7) is 3.30. The third kappa shape index (κ3) is 5.14. The van der Waals surface area contributed by atoms with Crippen LogP contribution in [0, 0.1) is 0 Å². The van der Waals surface area contributed by atoms with Crippen LogP contribution in [-0.4, -0.2) is 26.2 Å². The Bertz CT molecular complexity index is 792. The second-order valence-corrected chi connectivity index (χ2v) is 5.70. The molecule has 0 radical (unpaired) electrons. The van der Waals surface area contributed by atoms with Gasteiger partial charge in [-0.2, -0.15) is 0 Å². The third-order valence-electron chi connectivity index (χ3n) is 3.70. The lowest BCUT2D eigenvalue weighted by Crippen LogP contribution is -2.31. The summed E-state index contributed by atoms with van der Waals surface area (Å²) in [5.41, 5.74) is 2.07. The van der Waals surface area contributed by atoms with Gasteiger partial charge in [-0.25, -0.2) is 4.79 Å². The highest BCUT2D eigenvalue weighted by Crippen LogP contribution is 2.29. The minimum Gasteiger partial charge on any atom is -0.493 e. The molecule has 26 heavy (non-hydrogen) atoms. The van der Waals surface area contributed by atoms with Crippen LogP contribution < -0.4 is 25.4 Å². The molecule has 2 aromatic carbocycles. The highest BCUT2D eigenvalue weighted by atomic mass is 16.5. The maximum atomic E-state index is 12.2. The number of anilines is 2. The molecule has 0 aliphatic rings. The van der Waals surface area contributed by atoms with Gasteiger partial charge in [0.1, 0.15) is 0 Å². The first kappa shape index (κ1) is 19.1. The molecule has 2 rings (SSSR count). The predicted molar refractivity (Wildman–Crippen MR) is 101 cm³/mol. The predicted octanol–water partition coefficient (Wildman–Crippen LogP) is 3.54. The standard InChI is InChI=1S/C19H23N3O4/c1-12(14-8-9-17(25-3)18(10-14)26-4)20-19(24)22-16-7-5-6-15(11-16)21-13(2)23/h5-12H,1-4H3,(H,21,23)(H2,20,22,24). The fraction of sp³-hybridized carbons (Fsp3) is 0.263. The molecule has 0 fully saturated rings. The number of urea groups is 1. The minimum absolute atomic E-state index is 0.173. The van der Waals surface area contributed by atoms with E-state index in [1.54, 1.807) is 44.6 Å². The van der Waals surface area contributed by atoms with Crippen molar-refractivity contribution in [1.29, 1.82) is 0 Å². The summed E-state index contributed by atoms with van der Waals surface area (Å²) in [6, 6.07) is 11.8. The van der Waals surface area contributed by atoms with Crippen LogP contribution in [0.1, 0.15) is 25.5 Å². The minimum atomic E-state index is -0.354. The van der Waals surface area contributed by atoms with E-state index < -0.39 is 0 Å². The van der Waals surface area contributed by atoms with Crippen LogP contribution in [0.4, 0.5) is 16.2 Å². The number of rotatable bonds is 6. The molecule has 3 N–H and O–H groups in total. The van der Waals surface area contributed by atoms with Gasteiger partial charge < -0.3 is 25.4 Å². The van der Waals surface area contributed by atoms with Crippen LogP contribution in [0.2, 0.25) is 0 Å². The van der Waals surface area contributed by atoms with Gasteiger partial charge in [0.05, 0.1) is 20.3 Å². The van der Waals surface area contributed by atoms with Gasteiger partial charge in [0.15, 0.2) is 11.5 Å². The number of hydrogen-bond acceptors (Lipinski definition) is 4. The second-order valence-electron chi connectivity index (χ2n) is 5.70. The van der Waals surface area contributed by atoms with Gasteiger partial charge >= 0.3 is 6.03 Å². The van der Waals surface area contributed by atoms with Crippen molar-refractivity contribution in [2.24, 2.45) is 0 Å². The lowest BCUT2D eigenvalue weighted by atomic mass is 10.1. The van der Waals surface area contributed by atoms with E-state index in [9.17, 15) is 9.59 Å². The van der Waals surface area contributed by atoms with Gasteiger partial charge in [-0.3, -0.25) is 4.79 Å². The molecule has 0 bridgehead atoms. The van der Waals surface area contributed by atoms with Crippen LogP contribution in [0.3, 0.4) is 0 Å². The first-order valence-electron chi connectivity index (χ1n) is 8.10. The fourth-order valence-corrected chi connectivity index (χ4v) is 2.45. The summed E-state index contributed by atoms with van der Waals surface area (Å²) in [4.78, 5) is 23.4. The van der Waals surface area contributed by atoms with Crippen molar-refractivity contribution < 1.29 is 19.1 Å². The molecule has 1 atom stereocenters. The molecule has 7 heteroatoms. The maximum Gasteiger partial charge on any atom is 0.319 e. The average Bonchev–Trinajstić information content (AvgIpc) is 2.60. The molecule has 138 valence electrons. The Morgan fingerprint density at radius 3 is 2.19 bits per heavy atom. The molecule has 0 saturated carbocycles. The summed E-state index contributed by atoms with van der Waals surface area (Å²) in [7, 11) is 3.14. The van der Waals surface area contributed by atoms with Crippen molar-refractivity contribution in [3.8, 4) is 11.5 Å². The molecule has 0 heterocycles. The van der Waals surface area contributed by atoms with Crippen molar-refractivity contribution >= 4 is 23.3 Å². The molecule has 0 aliphatic heterocycles. The highest BCUT2D eigenvalue weighted by Gasteiger charge is 2.13. The molecular weight excluding hydrogens is 334 g/mol. The van der Waals surface area contributed by atoms with E-state index in [1.807, 2.05) is 19.1 Å². The van der Waals surface area contributed by atoms with E-state index in [2.05, 4.69) is 16.0 Å². The number of nitrogens with one attached hydrogen (secondary N) is 3. The Balaban J connectivity index is 2.02. The van der Waals surface area contributed by atoms with Gasteiger partial charge in [-0.15, -0.1) is 0 Å². The smallest absolute Gasteiger partial charge is 0.319 e. The van der Waals surface area contributed by atoms with Gasteiger partial charge in [-0.1, -0.05) is 12.1 Å². The zero-order valence-corrected chi connectivity index (χ0v) is 15.3. The monoisotopic (exact) mass is 357 g/mol. The number of ether oxygens (including phenoxy) is 2. The van der Waals surface area contributed by atoms with Crippen LogP contribution in [-0.2, 0) is 4.79 Å². The zero-order chi connectivity index (χ0) is 19.1. The van der Waals surface area contributed by atoms with Crippen molar-refractivity contribution in [2.45, 2.75) is 19.9 Å². The number of amides is 3. The Morgan fingerprint density at radius 2 is 1.58 bits per heavy atom. The van der Waals surface area contributed by atoms with Gasteiger partial charge in [0, 0.05) is 18.3 Å². The topological polar surface area (TPSA) is 88.7 Å². The molecule has 0 aliphatic carbocycles. The van der Waals surface area contributed by atoms with Gasteiger partial charge in [0.2, 0.25) is 5.91 Å². The Labute approximate surface area is 152 Å². The molecule has 0 spiro atoms. The van der Waals surface area contributed by atoms with Crippen LogP contribution in [0.25, 0.3) is 0 Å². The van der Waals surface area contributed by atoms with Crippen molar-refractivity contribution in [1.82, 2.24) is 5.32 Å². The summed E-state index contributed by atoms with van der Waals surface area (Å²) < 4.78 is 10.5. The Kier molecular flexibility index (Phi) is 6.43. The van der Waals surface area contributed by atoms with Crippen LogP contribution in [0.15, 0.2) is 42.5 Å². The van der Waals surface area contributed by atoms with E-state index in [0.717, 1.165) is 5.56 Å². The highest BCUT2D eigenvalue weighted by molar-refractivity contribution is 5.92. The average molecular weight is 357 g/mol. The second kappa shape index (κ2) is 8.75. The van der Waals surface area contributed by atoms with E-state index in [1.165, 1.54) is 6.92 Å². The fourth-order valence-electron chi connectivity index (χ4n) is 2.45. The first-order chi connectivity index (χ1) is 12.4. The third-order valence-corrected chi connectivity index (χ3v) is 3.70. The normalized spacial score (nSPS) is 11.2. The summed E-state index contributed by atoms with van der Waals surface area (Å²) >= 11 is 0. The lowest BCUT2D eigenvalue weighted by molar-refractivity contribution is -0.114. The molecule has 3 amide bonds. The zero-order valence-electron chi connectivity index (χ0n) is 15.3. The largest absolute Gasteiger partial charge is 0.493 e. The van der Waals surface area contributed by atoms with Crippen LogP contribution >= 0.6 is 0 Å². The Hall–Kier alpha value is -3.22. The maximum absolute atomic E-state index is 12.2. The van der Waals surface area contributed by atoms with E-state index in [-0.39, 0.29) is 18.0 Å². The molecule has 0 saturated heterocycles. The number of hydrogen-bond donors (Lipinski definition) is 3. The molecule has 1 unspecified atom stereocenters. The summed E-state index contributed by atoms with van der Waals surface area (Å²) in [5.74, 6) is 1.05. The number of benzene rings is 2. The number of carbonyl (C=O) groups is 2. The van der Waals surface area contributed by atoms with E-state index >= 15 is 0 Å².